The summed E-state index contributed by atoms with van der Waals surface area (Å²) in [6, 6.07) is 4.93. The van der Waals surface area contributed by atoms with Gasteiger partial charge in [-0.3, -0.25) is 4.79 Å². The average Bonchev–Trinajstić information content (AvgIpc) is 3.05. The third-order valence-electron chi connectivity index (χ3n) is 3.24. The second-order valence-corrected chi connectivity index (χ2v) is 4.67. The fourth-order valence-corrected chi connectivity index (χ4v) is 2.17. The Balaban J connectivity index is 1.91. The number of carbonyl (C=O) groups is 1. The van der Waals surface area contributed by atoms with Crippen molar-refractivity contribution in [2.24, 2.45) is 0 Å². The third kappa shape index (κ3) is 2.78. The number of fused-ring (bicyclic) bond motifs is 1. The van der Waals surface area contributed by atoms with E-state index in [2.05, 4.69) is 20.4 Å². The molecule has 9 heteroatoms. The number of rotatable bonds is 5. The molecule has 0 aliphatic carbocycles. The van der Waals surface area contributed by atoms with Crippen LogP contribution in [-0.2, 0) is 0 Å². The van der Waals surface area contributed by atoms with Crippen LogP contribution >= 0.6 is 0 Å². The Labute approximate surface area is 137 Å². The third-order valence-corrected chi connectivity index (χ3v) is 3.24. The maximum atomic E-state index is 12.3. The molecule has 9 nitrogen and oxygen atoms in total. The van der Waals surface area contributed by atoms with Crippen molar-refractivity contribution in [1.82, 2.24) is 19.6 Å². The number of carbonyl (C=O) groups excluding carboxylic acids is 1. The van der Waals surface area contributed by atoms with Crippen LogP contribution in [0.4, 0.5) is 5.69 Å². The first kappa shape index (κ1) is 15.5. The maximum absolute atomic E-state index is 12.3. The molecule has 0 spiro atoms. The van der Waals surface area contributed by atoms with Crippen molar-refractivity contribution in [3.63, 3.8) is 0 Å². The van der Waals surface area contributed by atoms with E-state index in [4.69, 9.17) is 14.2 Å². The summed E-state index contributed by atoms with van der Waals surface area (Å²) in [5.41, 5.74) is 0.460. The normalized spacial score (nSPS) is 10.5. The summed E-state index contributed by atoms with van der Waals surface area (Å²) in [5, 5.41) is 6.77. The Morgan fingerprint density at radius 1 is 1.12 bits per heavy atom. The zero-order chi connectivity index (χ0) is 17.1. The van der Waals surface area contributed by atoms with Crippen LogP contribution in [0.5, 0.6) is 17.2 Å². The van der Waals surface area contributed by atoms with Gasteiger partial charge < -0.3 is 19.5 Å². The molecule has 1 N–H and O–H groups in total. The van der Waals surface area contributed by atoms with Crippen molar-refractivity contribution < 1.29 is 19.0 Å². The van der Waals surface area contributed by atoms with Crippen LogP contribution < -0.4 is 19.5 Å². The van der Waals surface area contributed by atoms with Crippen molar-refractivity contribution in [1.29, 1.82) is 0 Å². The van der Waals surface area contributed by atoms with Gasteiger partial charge in [0.15, 0.2) is 11.5 Å². The molecule has 24 heavy (non-hydrogen) atoms. The number of nitrogens with zero attached hydrogens (tertiary/aromatic N) is 4. The van der Waals surface area contributed by atoms with Crippen LogP contribution in [0.25, 0.3) is 5.78 Å². The molecule has 0 saturated heterocycles. The molecular weight excluding hydrogens is 314 g/mol. The molecule has 0 saturated carbocycles. The van der Waals surface area contributed by atoms with Gasteiger partial charge in [-0.25, -0.2) is 9.50 Å². The van der Waals surface area contributed by atoms with E-state index < -0.39 is 5.91 Å². The summed E-state index contributed by atoms with van der Waals surface area (Å²) in [6.07, 6.45) is 3.23. The van der Waals surface area contributed by atoms with Crippen LogP contribution in [0.1, 0.15) is 10.6 Å². The average molecular weight is 329 g/mol. The molecule has 0 unspecified atom stereocenters. The van der Waals surface area contributed by atoms with E-state index in [0.29, 0.717) is 28.7 Å². The smallest absolute Gasteiger partial charge is 0.295 e. The SMILES string of the molecule is COc1cc(NC(=O)c2nc3ncccn3n2)cc(OC)c1OC. The molecule has 0 aliphatic rings. The molecule has 0 atom stereocenters. The first-order valence-corrected chi connectivity index (χ1v) is 6.95. The number of anilines is 1. The number of amides is 1. The molecule has 0 radical (unpaired) electrons. The van der Waals surface area contributed by atoms with Crippen LogP contribution in [0.3, 0.4) is 0 Å². The number of benzene rings is 1. The first-order valence-electron chi connectivity index (χ1n) is 6.95. The fourth-order valence-electron chi connectivity index (χ4n) is 2.17. The minimum atomic E-state index is -0.477. The number of hydrogen-bond acceptors (Lipinski definition) is 7. The van der Waals surface area contributed by atoms with Gasteiger partial charge in [-0.15, -0.1) is 5.10 Å². The zero-order valence-electron chi connectivity index (χ0n) is 13.3. The highest BCUT2D eigenvalue weighted by Crippen LogP contribution is 2.39. The topological polar surface area (TPSA) is 99.9 Å². The number of ether oxygens (including phenoxy) is 3. The second-order valence-electron chi connectivity index (χ2n) is 4.67. The minimum absolute atomic E-state index is 0.00227. The van der Waals surface area contributed by atoms with Crippen molar-refractivity contribution in [3.05, 3.63) is 36.4 Å². The van der Waals surface area contributed by atoms with E-state index in [0.717, 1.165) is 0 Å². The number of nitrogens with one attached hydrogen (secondary N) is 1. The molecule has 3 aromatic rings. The van der Waals surface area contributed by atoms with Gasteiger partial charge in [0, 0.05) is 30.2 Å². The highest BCUT2D eigenvalue weighted by Gasteiger charge is 2.17. The lowest BCUT2D eigenvalue weighted by Crippen LogP contribution is -2.14. The molecule has 2 aromatic heterocycles. The first-order chi connectivity index (χ1) is 11.7. The Morgan fingerprint density at radius 3 is 2.42 bits per heavy atom. The van der Waals surface area contributed by atoms with Crippen molar-refractivity contribution in [3.8, 4) is 17.2 Å². The van der Waals surface area contributed by atoms with Crippen LogP contribution in [0, 0.1) is 0 Å². The largest absolute Gasteiger partial charge is 0.493 e. The predicted octanol–water partition coefficient (Wildman–Crippen LogP) is 1.40. The Bertz CT molecular complexity index is 834. The molecule has 124 valence electrons. The fraction of sp³-hybridized carbons (Fsp3) is 0.200. The van der Waals surface area contributed by atoms with Gasteiger partial charge in [0.2, 0.25) is 11.6 Å². The van der Waals surface area contributed by atoms with Crippen molar-refractivity contribution in [2.45, 2.75) is 0 Å². The summed E-state index contributed by atoms with van der Waals surface area (Å²) in [7, 11) is 4.50. The Kier molecular flexibility index (Phi) is 4.15. The number of aromatic nitrogens is 4. The minimum Gasteiger partial charge on any atom is -0.493 e. The van der Waals surface area contributed by atoms with E-state index in [-0.39, 0.29) is 5.82 Å². The lowest BCUT2D eigenvalue weighted by Gasteiger charge is -2.14. The van der Waals surface area contributed by atoms with E-state index >= 15 is 0 Å². The second kappa shape index (κ2) is 6.41. The van der Waals surface area contributed by atoms with Gasteiger partial charge >= 0.3 is 0 Å². The molecule has 0 fully saturated rings. The molecule has 0 aliphatic heterocycles. The summed E-state index contributed by atoms with van der Waals surface area (Å²) in [4.78, 5) is 20.4. The van der Waals surface area contributed by atoms with Crippen LogP contribution in [0.15, 0.2) is 30.6 Å². The maximum Gasteiger partial charge on any atom is 0.295 e. The van der Waals surface area contributed by atoms with E-state index in [1.54, 1.807) is 30.6 Å². The van der Waals surface area contributed by atoms with E-state index in [1.165, 1.54) is 25.8 Å². The molecular formula is C15H15N5O4. The standard InChI is InChI=1S/C15H15N5O4/c1-22-10-7-9(8-11(23-2)12(10)24-3)17-14(21)13-18-15-16-5-4-6-20(15)19-13/h4-8H,1-3H3,(H,17,21). The lowest BCUT2D eigenvalue weighted by molar-refractivity contribution is 0.101. The monoisotopic (exact) mass is 329 g/mol. The number of hydrogen-bond donors (Lipinski definition) is 1. The molecule has 1 aromatic carbocycles. The highest BCUT2D eigenvalue weighted by atomic mass is 16.5. The van der Waals surface area contributed by atoms with E-state index in [9.17, 15) is 4.79 Å². The Morgan fingerprint density at radius 2 is 1.83 bits per heavy atom. The van der Waals surface area contributed by atoms with Gasteiger partial charge in [-0.2, -0.15) is 4.98 Å². The van der Waals surface area contributed by atoms with Crippen molar-refractivity contribution in [2.75, 3.05) is 26.6 Å². The molecule has 1 amide bonds. The summed E-state index contributed by atoms with van der Waals surface area (Å²) in [6.45, 7) is 0. The molecule has 3 rings (SSSR count). The van der Waals surface area contributed by atoms with Crippen LogP contribution in [0.2, 0.25) is 0 Å². The number of methoxy groups -OCH3 is 3. The van der Waals surface area contributed by atoms with Gasteiger partial charge in [0.05, 0.1) is 21.3 Å². The van der Waals surface area contributed by atoms with Gasteiger partial charge in [0.25, 0.3) is 11.7 Å². The predicted molar refractivity (Wildman–Crippen MR) is 84.8 cm³/mol. The molecule has 2 heterocycles. The van der Waals surface area contributed by atoms with Gasteiger partial charge in [-0.1, -0.05) is 0 Å². The van der Waals surface area contributed by atoms with Gasteiger partial charge in [-0.05, 0) is 6.07 Å². The zero-order valence-corrected chi connectivity index (χ0v) is 13.3. The lowest BCUT2D eigenvalue weighted by atomic mass is 10.2. The van der Waals surface area contributed by atoms with Crippen molar-refractivity contribution >= 4 is 17.4 Å². The summed E-state index contributed by atoms with van der Waals surface area (Å²) < 4.78 is 17.2. The van der Waals surface area contributed by atoms with Gasteiger partial charge in [0.1, 0.15) is 0 Å². The quantitative estimate of drug-likeness (QED) is 0.755. The summed E-state index contributed by atoms with van der Waals surface area (Å²) >= 11 is 0. The Hall–Kier alpha value is -3.36. The van der Waals surface area contributed by atoms with E-state index in [1.807, 2.05) is 0 Å². The molecule has 0 bridgehead atoms. The highest BCUT2D eigenvalue weighted by molar-refractivity contribution is 6.02. The van der Waals surface area contributed by atoms with Crippen LogP contribution in [-0.4, -0.2) is 46.8 Å². The summed E-state index contributed by atoms with van der Waals surface area (Å²) in [5.74, 6) is 1.16.